The number of nitrogens with one attached hydrogen (secondary N) is 2. The lowest BCUT2D eigenvalue weighted by Gasteiger charge is -2.15. The summed E-state index contributed by atoms with van der Waals surface area (Å²) in [4.78, 5) is 23.3. The van der Waals surface area contributed by atoms with Crippen molar-refractivity contribution in [3.8, 4) is 33.9 Å². The molecule has 0 amide bonds. The van der Waals surface area contributed by atoms with Crippen LogP contribution in [0.2, 0.25) is 0 Å². The van der Waals surface area contributed by atoms with E-state index in [1.54, 1.807) is 41.8 Å². The highest BCUT2D eigenvalue weighted by molar-refractivity contribution is 5.95. The molecule has 39 heavy (non-hydrogen) atoms. The number of rotatable bonds is 5. The zero-order valence-electron chi connectivity index (χ0n) is 20.5. The number of nitrogens with zero attached hydrogens (tertiary/aromatic N) is 6. The fourth-order valence-electron chi connectivity index (χ4n) is 5.02. The lowest BCUT2D eigenvalue weighted by Crippen LogP contribution is -2.24. The van der Waals surface area contributed by atoms with Gasteiger partial charge in [0, 0.05) is 49.2 Å². The fourth-order valence-corrected chi connectivity index (χ4v) is 5.02. The third kappa shape index (κ3) is 4.40. The summed E-state index contributed by atoms with van der Waals surface area (Å²) in [5.41, 5.74) is 7.14. The topological polar surface area (TPSA) is 99.3 Å². The summed E-state index contributed by atoms with van der Waals surface area (Å²) in [6.07, 6.45) is 6.66. The van der Waals surface area contributed by atoms with Crippen molar-refractivity contribution in [2.45, 2.75) is 18.9 Å². The molecule has 1 aliphatic rings. The van der Waals surface area contributed by atoms with E-state index in [0.29, 0.717) is 46.9 Å². The van der Waals surface area contributed by atoms with Crippen molar-refractivity contribution in [3.05, 3.63) is 78.6 Å². The Labute approximate surface area is 220 Å². The van der Waals surface area contributed by atoms with Crippen molar-refractivity contribution in [2.24, 2.45) is 0 Å². The molecular formula is C28H21F3N8. The van der Waals surface area contributed by atoms with Crippen LogP contribution >= 0.6 is 0 Å². The van der Waals surface area contributed by atoms with E-state index in [9.17, 15) is 13.2 Å². The lowest BCUT2D eigenvalue weighted by molar-refractivity contribution is 0.0115. The SMILES string of the molecule is Fc1ccc(-c2cncc3[nH]c(-c4n[nH]c5ccc(-c6cncc(CN7CCC(F)(F)C7)c6)nc45)nc23)cc1. The average molecular weight is 527 g/mol. The molecule has 8 nitrogen and oxygen atoms in total. The molecular weight excluding hydrogens is 505 g/mol. The number of aromatic nitrogens is 7. The van der Waals surface area contributed by atoms with Gasteiger partial charge in [0.25, 0.3) is 5.92 Å². The van der Waals surface area contributed by atoms with Gasteiger partial charge in [0.1, 0.15) is 11.3 Å². The van der Waals surface area contributed by atoms with Crippen LogP contribution in [0.15, 0.2) is 67.3 Å². The van der Waals surface area contributed by atoms with Crippen LogP contribution in [0, 0.1) is 5.82 Å². The first-order chi connectivity index (χ1) is 18.9. The summed E-state index contributed by atoms with van der Waals surface area (Å²) in [5, 5.41) is 7.47. The van der Waals surface area contributed by atoms with Gasteiger partial charge in [-0.2, -0.15) is 5.10 Å². The smallest absolute Gasteiger partial charge is 0.261 e. The van der Waals surface area contributed by atoms with Gasteiger partial charge < -0.3 is 4.98 Å². The van der Waals surface area contributed by atoms with Crippen LogP contribution in [0.25, 0.3) is 56.0 Å². The van der Waals surface area contributed by atoms with E-state index in [0.717, 1.165) is 27.8 Å². The van der Waals surface area contributed by atoms with Crippen LogP contribution in [0.4, 0.5) is 13.2 Å². The maximum Gasteiger partial charge on any atom is 0.261 e. The molecule has 0 bridgehead atoms. The summed E-state index contributed by atoms with van der Waals surface area (Å²) in [5.74, 6) is -2.44. The molecule has 0 atom stereocenters. The molecule has 2 N–H and O–H groups in total. The lowest BCUT2D eigenvalue weighted by atomic mass is 10.1. The minimum atomic E-state index is -2.64. The molecule has 6 heterocycles. The van der Waals surface area contributed by atoms with E-state index in [4.69, 9.17) is 9.97 Å². The van der Waals surface area contributed by atoms with Gasteiger partial charge in [-0.15, -0.1) is 0 Å². The zero-order valence-corrected chi connectivity index (χ0v) is 20.5. The number of halogens is 3. The monoisotopic (exact) mass is 526 g/mol. The summed E-state index contributed by atoms with van der Waals surface area (Å²) < 4.78 is 40.7. The molecule has 1 aromatic carbocycles. The van der Waals surface area contributed by atoms with Gasteiger partial charge in [0.2, 0.25) is 0 Å². The van der Waals surface area contributed by atoms with Crippen molar-refractivity contribution < 1.29 is 13.2 Å². The second-order valence-corrected chi connectivity index (χ2v) is 9.74. The van der Waals surface area contributed by atoms with Crippen molar-refractivity contribution in [1.82, 2.24) is 40.0 Å². The molecule has 5 aromatic heterocycles. The van der Waals surface area contributed by atoms with E-state index in [2.05, 4.69) is 25.1 Å². The van der Waals surface area contributed by atoms with Crippen molar-refractivity contribution in [2.75, 3.05) is 13.1 Å². The van der Waals surface area contributed by atoms with Crippen LogP contribution in [-0.4, -0.2) is 59.0 Å². The number of benzene rings is 1. The Morgan fingerprint density at radius 2 is 1.72 bits per heavy atom. The van der Waals surface area contributed by atoms with E-state index < -0.39 is 5.92 Å². The van der Waals surface area contributed by atoms with Gasteiger partial charge in [-0.3, -0.25) is 20.0 Å². The largest absolute Gasteiger partial charge is 0.335 e. The Balaban J connectivity index is 1.24. The van der Waals surface area contributed by atoms with Gasteiger partial charge in [0.05, 0.1) is 35.0 Å². The van der Waals surface area contributed by atoms with E-state index >= 15 is 0 Å². The fraction of sp³-hybridized carbons (Fsp3) is 0.179. The number of hydrogen-bond donors (Lipinski definition) is 2. The molecule has 7 rings (SSSR count). The number of imidazole rings is 1. The molecule has 0 saturated carbocycles. The number of aromatic amines is 2. The van der Waals surface area contributed by atoms with Gasteiger partial charge in [-0.05, 0) is 41.5 Å². The van der Waals surface area contributed by atoms with Crippen LogP contribution in [0.5, 0.6) is 0 Å². The number of H-pyrrole nitrogens is 2. The Hall–Kier alpha value is -4.64. The third-order valence-corrected chi connectivity index (χ3v) is 6.93. The van der Waals surface area contributed by atoms with Crippen LogP contribution < -0.4 is 0 Å². The number of hydrogen-bond acceptors (Lipinski definition) is 6. The Bertz CT molecular complexity index is 1830. The molecule has 6 aromatic rings. The van der Waals surface area contributed by atoms with Gasteiger partial charge in [-0.1, -0.05) is 12.1 Å². The minimum absolute atomic E-state index is 0.120. The number of alkyl halides is 2. The molecule has 194 valence electrons. The van der Waals surface area contributed by atoms with Crippen molar-refractivity contribution in [3.63, 3.8) is 0 Å². The van der Waals surface area contributed by atoms with Crippen LogP contribution in [0.3, 0.4) is 0 Å². The molecule has 11 heteroatoms. The predicted octanol–water partition coefficient (Wildman–Crippen LogP) is 5.61. The van der Waals surface area contributed by atoms with Gasteiger partial charge >= 0.3 is 0 Å². The summed E-state index contributed by atoms with van der Waals surface area (Å²) >= 11 is 0. The van der Waals surface area contributed by atoms with Crippen molar-refractivity contribution in [1.29, 1.82) is 0 Å². The van der Waals surface area contributed by atoms with Crippen molar-refractivity contribution >= 4 is 22.1 Å². The Morgan fingerprint density at radius 3 is 2.54 bits per heavy atom. The second kappa shape index (κ2) is 8.98. The predicted molar refractivity (Wildman–Crippen MR) is 140 cm³/mol. The third-order valence-electron chi connectivity index (χ3n) is 6.93. The molecule has 0 radical (unpaired) electrons. The summed E-state index contributed by atoms with van der Waals surface area (Å²) in [7, 11) is 0. The highest BCUT2D eigenvalue weighted by atomic mass is 19.3. The molecule has 0 spiro atoms. The Kier molecular flexibility index (Phi) is 5.41. The summed E-state index contributed by atoms with van der Waals surface area (Å²) in [6, 6.07) is 11.9. The highest BCUT2D eigenvalue weighted by Gasteiger charge is 2.37. The van der Waals surface area contributed by atoms with E-state index in [1.807, 2.05) is 18.2 Å². The van der Waals surface area contributed by atoms with Crippen LogP contribution in [0.1, 0.15) is 12.0 Å². The van der Waals surface area contributed by atoms with Crippen LogP contribution in [-0.2, 0) is 6.54 Å². The first-order valence-corrected chi connectivity index (χ1v) is 12.4. The Morgan fingerprint density at radius 1 is 0.872 bits per heavy atom. The maximum absolute atomic E-state index is 13.6. The maximum atomic E-state index is 13.6. The molecule has 0 unspecified atom stereocenters. The number of likely N-dealkylation sites (tertiary alicyclic amines) is 1. The quantitative estimate of drug-likeness (QED) is 0.303. The van der Waals surface area contributed by atoms with Gasteiger partial charge in [-0.25, -0.2) is 23.1 Å². The standard InChI is InChI=1S/C28H21F3N8/c29-19-3-1-17(2-4-19)20-12-33-13-23-24(20)36-27(35-23)26-25-22(37-38-26)6-5-21(34-25)18-9-16(10-32-11-18)14-39-8-7-28(30,31)15-39/h1-6,9-13H,7-8,14-15H2,(H,35,36)(H,37,38). The van der Waals surface area contributed by atoms with E-state index in [-0.39, 0.29) is 18.8 Å². The average Bonchev–Trinajstić information content (AvgIpc) is 3.64. The first-order valence-electron chi connectivity index (χ1n) is 12.4. The molecule has 1 saturated heterocycles. The normalized spacial score (nSPS) is 15.5. The first kappa shape index (κ1) is 23.5. The molecule has 1 aliphatic heterocycles. The highest BCUT2D eigenvalue weighted by Crippen LogP contribution is 2.32. The molecule has 0 aliphatic carbocycles. The minimum Gasteiger partial charge on any atom is -0.335 e. The number of fused-ring (bicyclic) bond motifs is 2. The summed E-state index contributed by atoms with van der Waals surface area (Å²) in [6.45, 7) is 0.518. The second-order valence-electron chi connectivity index (χ2n) is 9.74. The zero-order chi connectivity index (χ0) is 26.6. The van der Waals surface area contributed by atoms with E-state index in [1.165, 1.54) is 12.1 Å². The van der Waals surface area contributed by atoms with Gasteiger partial charge in [0.15, 0.2) is 11.5 Å². The number of pyridine rings is 3. The molecule has 1 fully saturated rings.